The quantitative estimate of drug-likeness (QED) is 0.627. The van der Waals surface area contributed by atoms with Crippen LogP contribution in [-0.4, -0.2) is 41.7 Å². The highest BCUT2D eigenvalue weighted by atomic mass is 16.7. The second-order valence-electron chi connectivity index (χ2n) is 2.94. The van der Waals surface area contributed by atoms with E-state index in [0.29, 0.717) is 6.54 Å². The van der Waals surface area contributed by atoms with Crippen molar-refractivity contribution in [3.63, 3.8) is 0 Å². The minimum atomic E-state index is -0.252. The minimum Gasteiger partial charge on any atom is -0.354 e. The number of nitrogens with one attached hydrogen (secondary N) is 2. The molecule has 0 bridgehead atoms. The number of rotatable bonds is 6. The highest BCUT2D eigenvalue weighted by Gasteiger charge is 2.14. The molecule has 0 aliphatic carbocycles. The van der Waals surface area contributed by atoms with Gasteiger partial charge in [0.2, 0.25) is 0 Å². The zero-order chi connectivity index (χ0) is 10.4. The van der Waals surface area contributed by atoms with Crippen molar-refractivity contribution in [2.45, 2.75) is 25.8 Å². The molecule has 0 spiro atoms. The number of H-pyrrole nitrogens is 1. The van der Waals surface area contributed by atoms with E-state index in [-0.39, 0.29) is 12.3 Å². The van der Waals surface area contributed by atoms with Gasteiger partial charge in [-0.05, 0) is 6.92 Å². The molecule has 1 rings (SSSR count). The fourth-order valence-corrected chi connectivity index (χ4v) is 1.17. The van der Waals surface area contributed by atoms with E-state index >= 15 is 0 Å². The molecule has 6 nitrogen and oxygen atoms in total. The van der Waals surface area contributed by atoms with Gasteiger partial charge in [-0.3, -0.25) is 5.10 Å². The van der Waals surface area contributed by atoms with Crippen LogP contribution in [0.2, 0.25) is 0 Å². The molecule has 1 aromatic heterocycles. The number of aromatic amines is 1. The molecular weight excluding hydrogens is 184 g/mol. The van der Waals surface area contributed by atoms with E-state index < -0.39 is 0 Å². The molecule has 2 N–H and O–H groups in total. The van der Waals surface area contributed by atoms with Crippen LogP contribution in [0.4, 0.5) is 0 Å². The summed E-state index contributed by atoms with van der Waals surface area (Å²) in [5, 5.41) is 9.71. The highest BCUT2D eigenvalue weighted by Crippen LogP contribution is 1.99. The van der Waals surface area contributed by atoms with Gasteiger partial charge in [0.25, 0.3) is 0 Å². The fourth-order valence-electron chi connectivity index (χ4n) is 1.17. The average Bonchev–Trinajstić information content (AvgIpc) is 2.69. The molecule has 0 aromatic carbocycles. The summed E-state index contributed by atoms with van der Waals surface area (Å²) >= 11 is 0. The fraction of sp³-hybridized carbons (Fsp3) is 0.750. The van der Waals surface area contributed by atoms with Crippen molar-refractivity contribution in [3.05, 3.63) is 12.2 Å². The molecule has 0 aliphatic rings. The van der Waals surface area contributed by atoms with E-state index in [2.05, 4.69) is 20.5 Å². The number of hydrogen-bond acceptors (Lipinski definition) is 5. The van der Waals surface area contributed by atoms with Crippen LogP contribution in [0, 0.1) is 0 Å². The van der Waals surface area contributed by atoms with Gasteiger partial charge >= 0.3 is 0 Å². The number of nitrogens with zero attached hydrogens (tertiary/aromatic N) is 2. The maximum absolute atomic E-state index is 5.10. The first-order valence-corrected chi connectivity index (χ1v) is 4.41. The van der Waals surface area contributed by atoms with Crippen molar-refractivity contribution in [3.8, 4) is 0 Å². The topological polar surface area (TPSA) is 72.1 Å². The molecule has 1 aromatic rings. The molecule has 0 aliphatic heterocycles. The summed E-state index contributed by atoms with van der Waals surface area (Å²) in [6.07, 6.45) is 1.23. The normalized spacial score (nSPS) is 13.4. The van der Waals surface area contributed by atoms with Crippen LogP contribution in [0.15, 0.2) is 6.33 Å². The lowest BCUT2D eigenvalue weighted by molar-refractivity contribution is -0.119. The van der Waals surface area contributed by atoms with Crippen molar-refractivity contribution < 1.29 is 9.47 Å². The van der Waals surface area contributed by atoms with Gasteiger partial charge in [0.05, 0.1) is 12.6 Å². The zero-order valence-corrected chi connectivity index (χ0v) is 8.65. The summed E-state index contributed by atoms with van der Waals surface area (Å²) in [6.45, 7) is 2.60. The molecule has 1 unspecified atom stereocenters. The molecule has 14 heavy (non-hydrogen) atoms. The molecule has 0 saturated carbocycles. The number of methoxy groups -OCH3 is 2. The van der Waals surface area contributed by atoms with Crippen molar-refractivity contribution in [1.82, 2.24) is 20.5 Å². The summed E-state index contributed by atoms with van der Waals surface area (Å²) in [7, 11) is 3.22. The van der Waals surface area contributed by atoms with Crippen LogP contribution >= 0.6 is 0 Å². The molecule has 0 saturated heterocycles. The maximum Gasteiger partial charge on any atom is 0.171 e. The van der Waals surface area contributed by atoms with Gasteiger partial charge in [-0.25, -0.2) is 4.98 Å². The third-order valence-electron chi connectivity index (χ3n) is 1.93. The zero-order valence-electron chi connectivity index (χ0n) is 8.65. The van der Waals surface area contributed by atoms with Crippen molar-refractivity contribution in [1.29, 1.82) is 0 Å². The van der Waals surface area contributed by atoms with Gasteiger partial charge in [0.1, 0.15) is 12.2 Å². The van der Waals surface area contributed by atoms with Crippen LogP contribution in [0.5, 0.6) is 0 Å². The summed E-state index contributed by atoms with van der Waals surface area (Å²) in [5.74, 6) is 0.794. The van der Waals surface area contributed by atoms with Gasteiger partial charge in [0, 0.05) is 14.2 Å². The Morgan fingerprint density at radius 3 is 2.71 bits per heavy atom. The van der Waals surface area contributed by atoms with Crippen molar-refractivity contribution in [2.24, 2.45) is 0 Å². The van der Waals surface area contributed by atoms with Crippen LogP contribution < -0.4 is 5.32 Å². The maximum atomic E-state index is 5.10. The van der Waals surface area contributed by atoms with Crippen LogP contribution in [0.25, 0.3) is 0 Å². The Morgan fingerprint density at radius 2 is 2.21 bits per heavy atom. The molecular formula is C8H16N4O2. The van der Waals surface area contributed by atoms with Gasteiger partial charge in [-0.1, -0.05) is 0 Å². The minimum absolute atomic E-state index is 0.0927. The van der Waals surface area contributed by atoms with Crippen LogP contribution in [0.3, 0.4) is 0 Å². The molecule has 6 heteroatoms. The van der Waals surface area contributed by atoms with Crippen molar-refractivity contribution in [2.75, 3.05) is 14.2 Å². The predicted molar refractivity (Wildman–Crippen MR) is 50.5 cm³/mol. The lowest BCUT2D eigenvalue weighted by Crippen LogP contribution is -2.39. The average molecular weight is 200 g/mol. The Labute approximate surface area is 83.0 Å². The Balaban J connectivity index is 2.30. The Kier molecular flexibility index (Phi) is 4.51. The van der Waals surface area contributed by atoms with E-state index in [9.17, 15) is 0 Å². The molecule has 80 valence electrons. The van der Waals surface area contributed by atoms with Gasteiger partial charge in [0.15, 0.2) is 6.29 Å². The first kappa shape index (κ1) is 11.1. The monoisotopic (exact) mass is 200 g/mol. The summed E-state index contributed by atoms with van der Waals surface area (Å²) in [4.78, 5) is 3.99. The number of aromatic nitrogens is 3. The predicted octanol–water partition coefficient (Wildman–Crippen LogP) is -0.0983. The van der Waals surface area contributed by atoms with Gasteiger partial charge < -0.3 is 14.8 Å². The Bertz CT molecular complexity index is 235. The number of ether oxygens (including phenoxy) is 2. The first-order chi connectivity index (χ1) is 6.77. The van der Waals surface area contributed by atoms with Gasteiger partial charge in [-0.15, -0.1) is 0 Å². The van der Waals surface area contributed by atoms with E-state index in [4.69, 9.17) is 9.47 Å². The standard InChI is InChI=1S/C8H16N4O2/c1-6(8(13-2)14-3)9-4-7-10-5-11-12-7/h5-6,8-9H,4H2,1-3H3,(H,10,11,12). The lowest BCUT2D eigenvalue weighted by Gasteiger charge is -2.21. The van der Waals surface area contributed by atoms with Crippen molar-refractivity contribution >= 4 is 0 Å². The van der Waals surface area contributed by atoms with Crippen LogP contribution in [0.1, 0.15) is 12.7 Å². The highest BCUT2D eigenvalue weighted by molar-refractivity contribution is 4.80. The molecule has 0 radical (unpaired) electrons. The van der Waals surface area contributed by atoms with E-state index in [0.717, 1.165) is 5.82 Å². The third kappa shape index (κ3) is 3.06. The number of hydrogen-bond donors (Lipinski definition) is 2. The van der Waals surface area contributed by atoms with Crippen LogP contribution in [-0.2, 0) is 16.0 Å². The Hall–Kier alpha value is -0.980. The second-order valence-corrected chi connectivity index (χ2v) is 2.94. The molecule has 1 atom stereocenters. The smallest absolute Gasteiger partial charge is 0.171 e. The summed E-state index contributed by atoms with van der Waals surface area (Å²) in [6, 6.07) is 0.0927. The third-order valence-corrected chi connectivity index (χ3v) is 1.93. The molecule has 1 heterocycles. The molecule has 0 amide bonds. The SMILES string of the molecule is COC(OC)C(C)NCc1ncn[nH]1. The first-order valence-electron chi connectivity index (χ1n) is 4.41. The van der Waals surface area contributed by atoms with Gasteiger partial charge in [-0.2, -0.15) is 5.10 Å². The van der Waals surface area contributed by atoms with E-state index in [1.165, 1.54) is 6.33 Å². The summed E-state index contributed by atoms with van der Waals surface area (Å²) < 4.78 is 10.2. The lowest BCUT2D eigenvalue weighted by atomic mass is 10.3. The molecule has 0 fully saturated rings. The van der Waals surface area contributed by atoms with E-state index in [1.54, 1.807) is 14.2 Å². The summed E-state index contributed by atoms with van der Waals surface area (Å²) in [5.41, 5.74) is 0. The Morgan fingerprint density at radius 1 is 1.50 bits per heavy atom. The van der Waals surface area contributed by atoms with E-state index in [1.807, 2.05) is 6.92 Å². The second kappa shape index (κ2) is 5.69. The largest absolute Gasteiger partial charge is 0.354 e.